The van der Waals surface area contributed by atoms with Crippen molar-refractivity contribution in [1.29, 1.82) is 0 Å². The maximum atomic E-state index is 13.8. The zero-order valence-electron chi connectivity index (χ0n) is 10.5. The first-order valence-electron chi connectivity index (χ1n) is 6.39. The fourth-order valence-corrected chi connectivity index (χ4v) is 3.01. The van der Waals surface area contributed by atoms with Crippen LogP contribution in [0, 0.1) is 0 Å². The number of rotatable bonds is 2. The van der Waals surface area contributed by atoms with E-state index < -0.39 is 12.3 Å². The third kappa shape index (κ3) is 2.54. The molecule has 1 aromatic heterocycles. The van der Waals surface area contributed by atoms with Crippen molar-refractivity contribution in [2.24, 2.45) is 0 Å². The predicted octanol–water partition coefficient (Wildman–Crippen LogP) is 2.06. The van der Waals surface area contributed by atoms with Crippen LogP contribution >= 0.6 is 15.9 Å². The van der Waals surface area contributed by atoms with E-state index in [2.05, 4.69) is 36.6 Å². The van der Waals surface area contributed by atoms with Crippen LogP contribution in [0.1, 0.15) is 25.7 Å². The average molecular weight is 346 g/mol. The van der Waals surface area contributed by atoms with Gasteiger partial charge in [-0.25, -0.2) is 14.2 Å². The van der Waals surface area contributed by atoms with Crippen molar-refractivity contribution in [1.82, 2.24) is 20.1 Å². The van der Waals surface area contributed by atoms with Gasteiger partial charge >= 0.3 is 6.09 Å². The number of piperidine rings is 1. The van der Waals surface area contributed by atoms with Gasteiger partial charge in [0.2, 0.25) is 0 Å². The summed E-state index contributed by atoms with van der Waals surface area (Å²) < 4.78 is 14.3. The summed E-state index contributed by atoms with van der Waals surface area (Å²) in [6, 6.07) is -0.294. The van der Waals surface area contributed by atoms with Crippen LogP contribution in [0.25, 0.3) is 0 Å². The van der Waals surface area contributed by atoms with Crippen LogP contribution in [-0.4, -0.2) is 44.4 Å². The molecule has 0 radical (unpaired) electrons. The normalized spacial score (nSPS) is 28.3. The van der Waals surface area contributed by atoms with Crippen molar-refractivity contribution < 1.29 is 14.0 Å². The Kier molecular flexibility index (Phi) is 3.68. The van der Waals surface area contributed by atoms with Crippen LogP contribution in [-0.2, 0) is 4.84 Å². The number of fused-ring (bicyclic) bond motifs is 2. The van der Waals surface area contributed by atoms with E-state index in [0.29, 0.717) is 23.9 Å². The Morgan fingerprint density at radius 1 is 1.40 bits per heavy atom. The maximum absolute atomic E-state index is 13.8. The van der Waals surface area contributed by atoms with E-state index in [9.17, 15) is 9.18 Å². The number of hydrogen-bond donors (Lipinski definition) is 1. The van der Waals surface area contributed by atoms with Gasteiger partial charge in [0.25, 0.3) is 5.95 Å². The third-order valence-electron chi connectivity index (χ3n) is 3.71. The van der Waals surface area contributed by atoms with Gasteiger partial charge in [-0.2, -0.15) is 5.48 Å². The van der Waals surface area contributed by atoms with Gasteiger partial charge in [-0.15, -0.1) is 10.2 Å². The molecular formula is C11H13BrFN5O2. The summed E-state index contributed by atoms with van der Waals surface area (Å²) in [7, 11) is 0. The number of carbonyl (C=O) groups excluding carboxylic acids is 1. The molecule has 3 heterocycles. The highest BCUT2D eigenvalue weighted by atomic mass is 79.9. The number of alkyl halides is 1. The molecule has 2 saturated heterocycles. The standard InChI is InChI=1S/C11H13BrFN5O2/c12-9-5-14-10(16-15-9)17-20-11(19)18-6-1-3-7(13)8(18)4-2-6/h5-8H,1-4H2,(H,14,16,17). The SMILES string of the molecule is O=C(ONc1ncc(Br)nn1)N1C2CCC(F)C1CC2. The highest BCUT2D eigenvalue weighted by Crippen LogP contribution is 2.37. The van der Waals surface area contributed by atoms with Crippen LogP contribution in [0.15, 0.2) is 10.8 Å². The summed E-state index contributed by atoms with van der Waals surface area (Å²) in [6.07, 6.45) is 2.59. The second-order valence-corrected chi connectivity index (χ2v) is 5.69. The highest BCUT2D eigenvalue weighted by Gasteiger charge is 2.46. The average Bonchev–Trinajstić information content (AvgIpc) is 2.79. The summed E-state index contributed by atoms with van der Waals surface area (Å²) in [5.74, 6) is 0.0719. The smallest absolute Gasteiger partial charge is 0.321 e. The number of nitrogens with one attached hydrogen (secondary N) is 1. The molecule has 0 aromatic carbocycles. The third-order valence-corrected chi connectivity index (χ3v) is 4.08. The molecule has 3 atom stereocenters. The number of anilines is 1. The predicted molar refractivity (Wildman–Crippen MR) is 70.4 cm³/mol. The van der Waals surface area contributed by atoms with Gasteiger partial charge in [0.15, 0.2) is 0 Å². The van der Waals surface area contributed by atoms with Crippen molar-refractivity contribution in [3.8, 4) is 0 Å². The summed E-state index contributed by atoms with van der Waals surface area (Å²) in [6.45, 7) is 0. The van der Waals surface area contributed by atoms with Gasteiger partial charge in [-0.1, -0.05) is 0 Å². The first-order chi connectivity index (χ1) is 9.65. The van der Waals surface area contributed by atoms with E-state index in [1.54, 1.807) is 0 Å². The van der Waals surface area contributed by atoms with Crippen molar-refractivity contribution in [2.75, 3.05) is 5.48 Å². The zero-order valence-corrected chi connectivity index (χ0v) is 12.1. The first kappa shape index (κ1) is 13.5. The number of hydrogen-bond acceptors (Lipinski definition) is 6. The first-order valence-corrected chi connectivity index (χ1v) is 7.19. The quantitative estimate of drug-likeness (QED) is 0.826. The molecule has 2 aliphatic heterocycles. The van der Waals surface area contributed by atoms with Crippen LogP contribution in [0.2, 0.25) is 0 Å². The number of amides is 1. The Hall–Kier alpha value is -1.51. The monoisotopic (exact) mass is 345 g/mol. The van der Waals surface area contributed by atoms with E-state index in [-0.39, 0.29) is 18.0 Å². The molecule has 0 saturated carbocycles. The molecule has 0 spiro atoms. The van der Waals surface area contributed by atoms with E-state index in [1.807, 2.05) is 0 Å². The van der Waals surface area contributed by atoms with Crippen molar-refractivity contribution >= 4 is 28.0 Å². The maximum Gasteiger partial charge on any atom is 0.434 e. The summed E-state index contributed by atoms with van der Waals surface area (Å²) in [5, 5.41) is 7.38. The van der Waals surface area contributed by atoms with Crippen molar-refractivity contribution in [3.05, 3.63) is 10.8 Å². The summed E-state index contributed by atoms with van der Waals surface area (Å²) in [5.41, 5.74) is 2.33. The fourth-order valence-electron chi connectivity index (χ4n) is 2.83. The molecule has 2 aliphatic rings. The molecule has 1 amide bonds. The van der Waals surface area contributed by atoms with Crippen LogP contribution in [0.4, 0.5) is 15.1 Å². The molecular weight excluding hydrogens is 333 g/mol. The Morgan fingerprint density at radius 3 is 2.95 bits per heavy atom. The lowest BCUT2D eigenvalue weighted by Crippen LogP contribution is -2.49. The van der Waals surface area contributed by atoms with Gasteiger partial charge < -0.3 is 4.84 Å². The second-order valence-electron chi connectivity index (χ2n) is 4.87. The molecule has 2 fully saturated rings. The Bertz CT molecular complexity index is 502. The summed E-state index contributed by atoms with van der Waals surface area (Å²) >= 11 is 3.10. The van der Waals surface area contributed by atoms with E-state index in [0.717, 1.165) is 6.42 Å². The van der Waals surface area contributed by atoms with Gasteiger partial charge in [0.1, 0.15) is 10.8 Å². The van der Waals surface area contributed by atoms with Crippen molar-refractivity contribution in [2.45, 2.75) is 43.9 Å². The van der Waals surface area contributed by atoms with Crippen LogP contribution in [0.3, 0.4) is 0 Å². The molecule has 2 bridgehead atoms. The topological polar surface area (TPSA) is 80.2 Å². The molecule has 108 valence electrons. The molecule has 0 aliphatic carbocycles. The van der Waals surface area contributed by atoms with Gasteiger partial charge in [-0.3, -0.25) is 4.90 Å². The van der Waals surface area contributed by atoms with E-state index in [4.69, 9.17) is 4.84 Å². The second kappa shape index (κ2) is 5.47. The van der Waals surface area contributed by atoms with Crippen molar-refractivity contribution in [3.63, 3.8) is 0 Å². The lowest BCUT2D eigenvalue weighted by atomic mass is 10.0. The molecule has 1 aromatic rings. The number of halogens is 2. The minimum absolute atomic E-state index is 0.0719. The van der Waals surface area contributed by atoms with Crippen LogP contribution < -0.4 is 5.48 Å². The fraction of sp³-hybridized carbons (Fsp3) is 0.636. The molecule has 3 rings (SSSR count). The van der Waals surface area contributed by atoms with Gasteiger partial charge in [-0.05, 0) is 41.6 Å². The molecule has 9 heteroatoms. The minimum atomic E-state index is -0.966. The molecule has 7 nitrogen and oxygen atoms in total. The van der Waals surface area contributed by atoms with Gasteiger partial charge in [0, 0.05) is 6.04 Å². The number of nitrogens with zero attached hydrogens (tertiary/aromatic N) is 4. The summed E-state index contributed by atoms with van der Waals surface area (Å²) in [4.78, 5) is 22.3. The number of aromatic nitrogens is 3. The Labute approximate surface area is 123 Å². The van der Waals surface area contributed by atoms with E-state index in [1.165, 1.54) is 11.1 Å². The van der Waals surface area contributed by atoms with Crippen LogP contribution in [0.5, 0.6) is 0 Å². The van der Waals surface area contributed by atoms with E-state index >= 15 is 0 Å². The number of carbonyl (C=O) groups is 1. The minimum Gasteiger partial charge on any atom is -0.321 e. The van der Waals surface area contributed by atoms with Gasteiger partial charge in [0.05, 0.1) is 12.2 Å². The Balaban J connectivity index is 1.61. The molecule has 3 unspecified atom stereocenters. The Morgan fingerprint density at radius 2 is 2.20 bits per heavy atom. The highest BCUT2D eigenvalue weighted by molar-refractivity contribution is 9.10. The molecule has 1 N–H and O–H groups in total. The molecule has 20 heavy (non-hydrogen) atoms. The lowest BCUT2D eigenvalue weighted by Gasteiger charge is -2.35. The zero-order chi connectivity index (χ0) is 14.1. The largest absolute Gasteiger partial charge is 0.434 e. The lowest BCUT2D eigenvalue weighted by molar-refractivity contribution is 0.0500.